The molecule has 0 radical (unpaired) electrons. The monoisotopic (exact) mass is 343 g/mol. The van der Waals surface area contributed by atoms with Crippen LogP contribution in [0, 0.1) is 6.92 Å². The zero-order valence-corrected chi connectivity index (χ0v) is 14.5. The summed E-state index contributed by atoms with van der Waals surface area (Å²) in [6.45, 7) is 4.38. The predicted octanol–water partition coefficient (Wildman–Crippen LogP) is 2.87. The number of hydrogen-bond acceptors (Lipinski definition) is 4. The molecule has 24 heavy (non-hydrogen) atoms. The van der Waals surface area contributed by atoms with Gasteiger partial charge in [-0.05, 0) is 24.5 Å². The lowest BCUT2D eigenvalue weighted by Crippen LogP contribution is -2.49. The normalized spacial score (nSPS) is 22.6. The maximum absolute atomic E-state index is 12.7. The van der Waals surface area contributed by atoms with Crippen LogP contribution in [0.3, 0.4) is 0 Å². The first-order valence-corrected chi connectivity index (χ1v) is 9.22. The zero-order chi connectivity index (χ0) is 16.5. The Labute approximate surface area is 145 Å². The van der Waals surface area contributed by atoms with Gasteiger partial charge in [-0.15, -0.1) is 11.3 Å². The van der Waals surface area contributed by atoms with E-state index in [9.17, 15) is 4.79 Å². The quantitative estimate of drug-likeness (QED) is 0.932. The zero-order valence-electron chi connectivity index (χ0n) is 13.7. The van der Waals surface area contributed by atoms with Crippen LogP contribution in [-0.2, 0) is 11.2 Å². The fourth-order valence-corrected chi connectivity index (χ4v) is 4.33. The first kappa shape index (κ1) is 15.6. The van der Waals surface area contributed by atoms with E-state index in [1.54, 1.807) is 11.3 Å². The maximum atomic E-state index is 12.7. The Morgan fingerprint density at radius 1 is 1.46 bits per heavy atom. The third-order valence-electron chi connectivity index (χ3n) is 4.77. The number of aryl methyl sites for hydroxylation is 1. The summed E-state index contributed by atoms with van der Waals surface area (Å²) < 4.78 is 5.58. The molecule has 0 saturated carbocycles. The molecule has 1 N–H and O–H groups in total. The summed E-state index contributed by atoms with van der Waals surface area (Å²) in [6.07, 6.45) is 1.05. The molecule has 5 nitrogen and oxygen atoms in total. The number of aromatic nitrogens is 1. The number of fused-ring (bicyclic) bond motifs is 1. The Morgan fingerprint density at radius 3 is 3.12 bits per heavy atom. The van der Waals surface area contributed by atoms with Gasteiger partial charge < -0.3 is 15.0 Å². The summed E-state index contributed by atoms with van der Waals surface area (Å²) >= 11 is 1.60. The lowest BCUT2D eigenvalue weighted by Gasteiger charge is -2.36. The van der Waals surface area contributed by atoms with E-state index in [-0.39, 0.29) is 12.1 Å². The van der Waals surface area contributed by atoms with Crippen molar-refractivity contribution in [3.05, 3.63) is 51.5 Å². The van der Waals surface area contributed by atoms with Gasteiger partial charge in [0.05, 0.1) is 13.2 Å². The third kappa shape index (κ3) is 2.91. The average molecular weight is 343 g/mol. The minimum Gasteiger partial charge on any atom is -0.377 e. The second-order valence-corrected chi connectivity index (χ2v) is 7.29. The van der Waals surface area contributed by atoms with Crippen LogP contribution in [-0.4, -0.2) is 42.2 Å². The number of carbonyl (C=O) groups excluding carboxylic acids is 1. The number of benzene rings is 1. The molecular weight excluding hydrogens is 322 g/mol. The highest BCUT2D eigenvalue weighted by molar-refractivity contribution is 7.09. The van der Waals surface area contributed by atoms with Crippen molar-refractivity contribution in [3.8, 4) is 0 Å². The summed E-state index contributed by atoms with van der Waals surface area (Å²) in [4.78, 5) is 19.1. The van der Waals surface area contributed by atoms with Gasteiger partial charge in [-0.3, -0.25) is 0 Å². The smallest absolute Gasteiger partial charge is 0.318 e. The van der Waals surface area contributed by atoms with Gasteiger partial charge in [-0.1, -0.05) is 24.3 Å². The number of nitrogens with zero attached hydrogens (tertiary/aromatic N) is 2. The number of thiazole rings is 1. The van der Waals surface area contributed by atoms with Crippen molar-refractivity contribution in [2.24, 2.45) is 0 Å². The van der Waals surface area contributed by atoms with Crippen molar-refractivity contribution >= 4 is 17.4 Å². The van der Waals surface area contributed by atoms with Crippen LogP contribution in [0.5, 0.6) is 0 Å². The Morgan fingerprint density at radius 2 is 2.33 bits per heavy atom. The SMILES string of the molecule is Cc1csc([C@@H]2COCCN2C(=O)NC[C@H]2Cc3ccccc32)n1. The van der Waals surface area contributed by atoms with Crippen LogP contribution in [0.4, 0.5) is 4.79 Å². The fourth-order valence-electron chi connectivity index (χ4n) is 3.43. The van der Waals surface area contributed by atoms with E-state index in [0.29, 0.717) is 32.2 Å². The molecule has 1 saturated heterocycles. The average Bonchev–Trinajstić information content (AvgIpc) is 3.02. The standard InChI is InChI=1S/C18H21N3O2S/c1-12-11-24-17(20-12)16-10-23-7-6-21(16)18(22)19-9-14-8-13-4-2-3-5-15(13)14/h2-5,11,14,16H,6-10H2,1H3,(H,19,22)/t14-,16+/m1/s1. The van der Waals surface area contributed by atoms with Crippen molar-refractivity contribution in [3.63, 3.8) is 0 Å². The molecule has 1 aliphatic heterocycles. The van der Waals surface area contributed by atoms with Gasteiger partial charge in [0.25, 0.3) is 0 Å². The highest BCUT2D eigenvalue weighted by Crippen LogP contribution is 2.34. The summed E-state index contributed by atoms with van der Waals surface area (Å²) in [5.41, 5.74) is 3.76. The van der Waals surface area contributed by atoms with Crippen LogP contribution < -0.4 is 5.32 Å². The number of carbonyl (C=O) groups is 1. The molecule has 0 spiro atoms. The lowest BCUT2D eigenvalue weighted by atomic mass is 9.78. The Balaban J connectivity index is 1.39. The molecule has 2 atom stereocenters. The van der Waals surface area contributed by atoms with E-state index >= 15 is 0 Å². The Bertz CT molecular complexity index is 745. The second-order valence-electron chi connectivity index (χ2n) is 6.40. The van der Waals surface area contributed by atoms with Crippen LogP contribution >= 0.6 is 11.3 Å². The highest BCUT2D eigenvalue weighted by atomic mass is 32.1. The largest absolute Gasteiger partial charge is 0.377 e. The molecule has 1 aliphatic carbocycles. The predicted molar refractivity (Wildman–Crippen MR) is 93.4 cm³/mol. The third-order valence-corrected chi connectivity index (χ3v) is 5.84. The molecule has 0 bridgehead atoms. The first-order chi connectivity index (χ1) is 11.7. The molecule has 1 fully saturated rings. The van der Waals surface area contributed by atoms with Crippen molar-refractivity contribution in [2.75, 3.05) is 26.3 Å². The molecule has 6 heteroatoms. The molecule has 0 unspecified atom stereocenters. The van der Waals surface area contributed by atoms with E-state index in [0.717, 1.165) is 17.1 Å². The summed E-state index contributed by atoms with van der Waals surface area (Å²) in [6, 6.07) is 8.37. The Hall–Kier alpha value is -1.92. The molecule has 4 rings (SSSR count). The number of rotatable bonds is 3. The number of hydrogen-bond donors (Lipinski definition) is 1. The molecule has 1 aromatic carbocycles. The maximum Gasteiger partial charge on any atom is 0.318 e. The summed E-state index contributed by atoms with van der Waals surface area (Å²) in [7, 11) is 0. The number of nitrogens with one attached hydrogen (secondary N) is 1. The minimum absolute atomic E-state index is 0.0134. The highest BCUT2D eigenvalue weighted by Gasteiger charge is 2.32. The van der Waals surface area contributed by atoms with Gasteiger partial charge in [0.2, 0.25) is 0 Å². The van der Waals surface area contributed by atoms with E-state index in [2.05, 4.69) is 34.6 Å². The van der Waals surface area contributed by atoms with Crippen LogP contribution in [0.15, 0.2) is 29.6 Å². The van der Waals surface area contributed by atoms with Gasteiger partial charge in [0.1, 0.15) is 11.0 Å². The topological polar surface area (TPSA) is 54.5 Å². The Kier molecular flexibility index (Phi) is 4.24. The summed E-state index contributed by atoms with van der Waals surface area (Å²) in [5.74, 6) is 0.437. The van der Waals surface area contributed by atoms with Crippen molar-refractivity contribution < 1.29 is 9.53 Å². The first-order valence-electron chi connectivity index (χ1n) is 8.34. The van der Waals surface area contributed by atoms with E-state index in [1.807, 2.05) is 17.2 Å². The van der Waals surface area contributed by atoms with Crippen LogP contribution in [0.2, 0.25) is 0 Å². The van der Waals surface area contributed by atoms with Gasteiger partial charge >= 0.3 is 6.03 Å². The van der Waals surface area contributed by atoms with E-state index in [1.165, 1.54) is 11.1 Å². The van der Waals surface area contributed by atoms with Gasteiger partial charge in [-0.25, -0.2) is 9.78 Å². The number of morpholine rings is 1. The van der Waals surface area contributed by atoms with Crippen LogP contribution in [0.1, 0.15) is 33.8 Å². The lowest BCUT2D eigenvalue weighted by molar-refractivity contribution is 0.0115. The van der Waals surface area contributed by atoms with Crippen molar-refractivity contribution in [1.29, 1.82) is 0 Å². The molecule has 126 valence electrons. The van der Waals surface area contributed by atoms with Gasteiger partial charge in [0.15, 0.2) is 0 Å². The van der Waals surface area contributed by atoms with E-state index < -0.39 is 0 Å². The fraction of sp³-hybridized carbons (Fsp3) is 0.444. The van der Waals surface area contributed by atoms with E-state index in [4.69, 9.17) is 4.74 Å². The molecular formula is C18H21N3O2S. The number of urea groups is 1. The summed E-state index contributed by atoms with van der Waals surface area (Å²) in [5, 5.41) is 6.08. The number of ether oxygens (including phenoxy) is 1. The second kappa shape index (κ2) is 6.53. The molecule has 2 aromatic rings. The minimum atomic E-state index is -0.0777. The van der Waals surface area contributed by atoms with Gasteiger partial charge in [-0.2, -0.15) is 0 Å². The number of amides is 2. The molecule has 1 aromatic heterocycles. The van der Waals surface area contributed by atoms with Crippen molar-refractivity contribution in [1.82, 2.24) is 15.2 Å². The van der Waals surface area contributed by atoms with Crippen molar-refractivity contribution in [2.45, 2.75) is 25.3 Å². The molecule has 2 amide bonds. The molecule has 2 aliphatic rings. The van der Waals surface area contributed by atoms with Gasteiger partial charge in [0, 0.05) is 30.1 Å². The molecule has 2 heterocycles. The van der Waals surface area contributed by atoms with Crippen LogP contribution in [0.25, 0.3) is 0 Å².